The molecule has 19 heavy (non-hydrogen) atoms. The number of nitrogens with one attached hydrogen (secondary N) is 2. The maximum atomic E-state index is 11.9. The highest BCUT2D eigenvalue weighted by atomic mass is 16.2. The predicted octanol–water partition coefficient (Wildman–Crippen LogP) is 0.679. The number of carbonyl (C=O) groups excluding carboxylic acids is 2. The van der Waals surface area contributed by atoms with Gasteiger partial charge in [-0.3, -0.25) is 9.59 Å². The molecule has 2 rings (SSSR count). The zero-order valence-corrected chi connectivity index (χ0v) is 11.5. The summed E-state index contributed by atoms with van der Waals surface area (Å²) in [6.45, 7) is 0.586. The number of hydrogen-bond donors (Lipinski definition) is 3. The molecule has 2 fully saturated rings. The molecule has 2 atom stereocenters. The summed E-state index contributed by atoms with van der Waals surface area (Å²) in [5.41, 5.74) is 5.88. The molecule has 4 N–H and O–H groups in total. The van der Waals surface area contributed by atoms with E-state index < -0.39 is 0 Å². The highest BCUT2D eigenvalue weighted by Gasteiger charge is 2.25. The Morgan fingerprint density at radius 2 is 1.95 bits per heavy atom. The maximum absolute atomic E-state index is 11.9. The minimum absolute atomic E-state index is 0.0732. The summed E-state index contributed by atoms with van der Waals surface area (Å²) in [7, 11) is 0. The van der Waals surface area contributed by atoms with Gasteiger partial charge in [-0.25, -0.2) is 0 Å². The van der Waals surface area contributed by atoms with Gasteiger partial charge >= 0.3 is 0 Å². The quantitative estimate of drug-likeness (QED) is 0.619. The first-order valence-corrected chi connectivity index (χ1v) is 7.48. The molecule has 5 heteroatoms. The van der Waals surface area contributed by atoms with Gasteiger partial charge < -0.3 is 16.4 Å². The van der Waals surface area contributed by atoms with Gasteiger partial charge in [0.15, 0.2) is 0 Å². The van der Waals surface area contributed by atoms with E-state index in [9.17, 15) is 9.59 Å². The summed E-state index contributed by atoms with van der Waals surface area (Å²) in [5, 5.41) is 5.87. The SMILES string of the molecule is NC1CCCC(C(=O)NCCCC(=O)NC2CC2)C1. The molecular weight excluding hydrogens is 242 g/mol. The predicted molar refractivity (Wildman–Crippen MR) is 73.3 cm³/mol. The van der Waals surface area contributed by atoms with Crippen LogP contribution in [0, 0.1) is 5.92 Å². The van der Waals surface area contributed by atoms with E-state index in [2.05, 4.69) is 10.6 Å². The van der Waals surface area contributed by atoms with Gasteiger partial charge in [-0.2, -0.15) is 0 Å². The van der Waals surface area contributed by atoms with E-state index in [0.717, 1.165) is 38.5 Å². The van der Waals surface area contributed by atoms with Crippen LogP contribution in [0.4, 0.5) is 0 Å². The number of amides is 2. The van der Waals surface area contributed by atoms with Gasteiger partial charge in [-0.05, 0) is 38.5 Å². The van der Waals surface area contributed by atoms with E-state index in [4.69, 9.17) is 5.73 Å². The van der Waals surface area contributed by atoms with Crippen LogP contribution in [0.1, 0.15) is 51.4 Å². The molecule has 2 unspecified atom stereocenters. The topological polar surface area (TPSA) is 84.2 Å². The minimum atomic E-state index is 0.0732. The Bertz CT molecular complexity index is 329. The Kier molecular flexibility index (Phi) is 5.19. The molecule has 2 aliphatic carbocycles. The summed E-state index contributed by atoms with van der Waals surface area (Å²) in [6, 6.07) is 0.597. The van der Waals surface area contributed by atoms with Crippen LogP contribution in [0.25, 0.3) is 0 Å². The summed E-state index contributed by atoms with van der Waals surface area (Å²) >= 11 is 0. The fraction of sp³-hybridized carbons (Fsp3) is 0.857. The van der Waals surface area contributed by atoms with Crippen LogP contribution in [0.3, 0.4) is 0 Å². The van der Waals surface area contributed by atoms with E-state index >= 15 is 0 Å². The van der Waals surface area contributed by atoms with Gasteiger partial charge in [0.05, 0.1) is 0 Å². The third kappa shape index (κ3) is 5.19. The molecule has 0 spiro atoms. The molecule has 108 valence electrons. The monoisotopic (exact) mass is 267 g/mol. The third-order valence-corrected chi connectivity index (χ3v) is 3.91. The summed E-state index contributed by atoms with van der Waals surface area (Å²) < 4.78 is 0. The van der Waals surface area contributed by atoms with E-state index in [1.165, 1.54) is 0 Å². The minimum Gasteiger partial charge on any atom is -0.356 e. The largest absolute Gasteiger partial charge is 0.356 e. The van der Waals surface area contributed by atoms with Gasteiger partial charge in [-0.15, -0.1) is 0 Å². The van der Waals surface area contributed by atoms with Crippen LogP contribution >= 0.6 is 0 Å². The second kappa shape index (κ2) is 6.89. The highest BCUT2D eigenvalue weighted by Crippen LogP contribution is 2.23. The van der Waals surface area contributed by atoms with Crippen molar-refractivity contribution in [2.24, 2.45) is 11.7 Å². The summed E-state index contributed by atoms with van der Waals surface area (Å²) in [6.07, 6.45) is 7.27. The van der Waals surface area contributed by atoms with E-state index in [1.54, 1.807) is 0 Å². The van der Waals surface area contributed by atoms with Gasteiger partial charge in [0.25, 0.3) is 0 Å². The lowest BCUT2D eigenvalue weighted by atomic mass is 9.85. The Labute approximate surface area is 114 Å². The van der Waals surface area contributed by atoms with Crippen molar-refractivity contribution in [3.05, 3.63) is 0 Å². The molecule has 0 saturated heterocycles. The molecule has 0 heterocycles. The number of carbonyl (C=O) groups is 2. The van der Waals surface area contributed by atoms with Crippen molar-refractivity contribution in [1.82, 2.24) is 10.6 Å². The molecule has 0 aliphatic heterocycles. The fourth-order valence-corrected chi connectivity index (χ4v) is 2.60. The van der Waals surface area contributed by atoms with E-state index in [0.29, 0.717) is 25.4 Å². The van der Waals surface area contributed by atoms with Crippen molar-refractivity contribution in [2.75, 3.05) is 6.54 Å². The molecule has 0 bridgehead atoms. The van der Waals surface area contributed by atoms with Crippen LogP contribution < -0.4 is 16.4 Å². The maximum Gasteiger partial charge on any atom is 0.223 e. The third-order valence-electron chi connectivity index (χ3n) is 3.91. The Morgan fingerprint density at radius 3 is 2.63 bits per heavy atom. The van der Waals surface area contributed by atoms with Crippen molar-refractivity contribution < 1.29 is 9.59 Å². The number of rotatable bonds is 6. The molecular formula is C14H25N3O2. The van der Waals surface area contributed by atoms with Crippen molar-refractivity contribution >= 4 is 11.8 Å². The summed E-state index contributed by atoms with van der Waals surface area (Å²) in [5.74, 6) is 0.290. The Morgan fingerprint density at radius 1 is 1.16 bits per heavy atom. The lowest BCUT2D eigenvalue weighted by molar-refractivity contribution is -0.126. The van der Waals surface area contributed by atoms with Gasteiger partial charge in [0, 0.05) is 31.0 Å². The average molecular weight is 267 g/mol. The smallest absolute Gasteiger partial charge is 0.223 e. The average Bonchev–Trinajstić information content (AvgIpc) is 3.18. The molecule has 2 saturated carbocycles. The van der Waals surface area contributed by atoms with Crippen LogP contribution in [0.5, 0.6) is 0 Å². The second-order valence-corrected chi connectivity index (χ2v) is 5.86. The molecule has 0 aromatic heterocycles. The van der Waals surface area contributed by atoms with Crippen LogP contribution in [-0.4, -0.2) is 30.4 Å². The fourth-order valence-electron chi connectivity index (χ4n) is 2.60. The normalized spacial score (nSPS) is 26.8. The Balaban J connectivity index is 1.54. The van der Waals surface area contributed by atoms with Gasteiger partial charge in [0.1, 0.15) is 0 Å². The van der Waals surface area contributed by atoms with Gasteiger partial charge in [-0.1, -0.05) is 6.42 Å². The lowest BCUT2D eigenvalue weighted by Gasteiger charge is -2.25. The first kappa shape index (κ1) is 14.3. The van der Waals surface area contributed by atoms with Gasteiger partial charge in [0.2, 0.25) is 11.8 Å². The second-order valence-electron chi connectivity index (χ2n) is 5.86. The Hall–Kier alpha value is -1.10. The van der Waals surface area contributed by atoms with E-state index in [1.807, 2.05) is 0 Å². The molecule has 0 radical (unpaired) electrons. The van der Waals surface area contributed by atoms with Crippen molar-refractivity contribution in [1.29, 1.82) is 0 Å². The standard InChI is InChI=1S/C14H25N3O2/c15-11-4-1-3-10(9-11)14(19)16-8-2-5-13(18)17-12-6-7-12/h10-12H,1-9,15H2,(H,16,19)(H,17,18). The van der Waals surface area contributed by atoms with Crippen molar-refractivity contribution in [2.45, 2.75) is 63.5 Å². The number of hydrogen-bond acceptors (Lipinski definition) is 3. The first-order chi connectivity index (χ1) is 9.15. The first-order valence-electron chi connectivity index (χ1n) is 7.48. The van der Waals surface area contributed by atoms with E-state index in [-0.39, 0.29) is 23.8 Å². The molecule has 2 amide bonds. The zero-order valence-electron chi connectivity index (χ0n) is 11.5. The molecule has 0 aromatic carbocycles. The summed E-state index contributed by atoms with van der Waals surface area (Å²) in [4.78, 5) is 23.4. The van der Waals surface area contributed by atoms with Crippen LogP contribution in [0.15, 0.2) is 0 Å². The lowest BCUT2D eigenvalue weighted by Crippen LogP contribution is -2.38. The number of nitrogens with two attached hydrogens (primary N) is 1. The molecule has 5 nitrogen and oxygen atoms in total. The van der Waals surface area contributed by atoms with Crippen molar-refractivity contribution in [3.8, 4) is 0 Å². The van der Waals surface area contributed by atoms with Crippen LogP contribution in [0.2, 0.25) is 0 Å². The highest BCUT2D eigenvalue weighted by molar-refractivity contribution is 5.79. The van der Waals surface area contributed by atoms with Crippen LogP contribution in [-0.2, 0) is 9.59 Å². The molecule has 0 aromatic rings. The molecule has 2 aliphatic rings. The zero-order chi connectivity index (χ0) is 13.7. The van der Waals surface area contributed by atoms with Crippen molar-refractivity contribution in [3.63, 3.8) is 0 Å².